The summed E-state index contributed by atoms with van der Waals surface area (Å²) in [4.78, 5) is 12.2. The van der Waals surface area contributed by atoms with Gasteiger partial charge in [0.05, 0.1) is 5.56 Å². The topological polar surface area (TPSA) is 49.3 Å². The van der Waals surface area contributed by atoms with Gasteiger partial charge in [0.1, 0.15) is 5.75 Å². The monoisotopic (exact) mass is 325 g/mol. The van der Waals surface area contributed by atoms with Crippen LogP contribution in [0, 0.1) is 5.92 Å². The minimum absolute atomic E-state index is 0.0303. The molecule has 1 aromatic carbocycles. The van der Waals surface area contributed by atoms with Gasteiger partial charge in [0.25, 0.3) is 5.91 Å². The largest absolute Gasteiger partial charge is 0.507 e. The lowest BCUT2D eigenvalue weighted by Crippen LogP contribution is -2.34. The van der Waals surface area contributed by atoms with E-state index >= 15 is 0 Å². The number of aromatic hydroxyl groups is 1. The molecule has 0 spiro atoms. The molecule has 1 aliphatic carbocycles. The van der Waals surface area contributed by atoms with Crippen LogP contribution in [0.3, 0.4) is 0 Å². The van der Waals surface area contributed by atoms with E-state index in [0.29, 0.717) is 5.56 Å². The Balaban J connectivity index is 2.02. The van der Waals surface area contributed by atoms with Crippen LogP contribution in [0.5, 0.6) is 5.75 Å². The highest BCUT2D eigenvalue weighted by Gasteiger charge is 2.20. The summed E-state index contributed by atoms with van der Waals surface area (Å²) in [5, 5.41) is 12.8. The van der Waals surface area contributed by atoms with E-state index in [-0.39, 0.29) is 17.7 Å². The Hall–Kier alpha value is -1.03. The highest BCUT2D eigenvalue weighted by atomic mass is 79.9. The summed E-state index contributed by atoms with van der Waals surface area (Å²) in [7, 11) is 0. The first kappa shape index (κ1) is 14.4. The summed E-state index contributed by atoms with van der Waals surface area (Å²) in [6.07, 6.45) is 5.63. The number of hydrogen-bond donors (Lipinski definition) is 2. The fourth-order valence-corrected chi connectivity index (χ4v) is 2.95. The number of rotatable bonds is 2. The zero-order chi connectivity index (χ0) is 13.8. The molecule has 2 N–H and O–H groups in total. The molecule has 1 amide bonds. The molecule has 0 aliphatic heterocycles. The quantitative estimate of drug-likeness (QED) is 0.811. The summed E-state index contributed by atoms with van der Waals surface area (Å²) >= 11 is 3.32. The first-order valence-corrected chi connectivity index (χ1v) is 7.65. The Morgan fingerprint density at radius 3 is 2.89 bits per heavy atom. The van der Waals surface area contributed by atoms with E-state index < -0.39 is 0 Å². The third kappa shape index (κ3) is 3.96. The molecule has 4 heteroatoms. The van der Waals surface area contributed by atoms with Gasteiger partial charge in [-0.25, -0.2) is 0 Å². The molecule has 1 saturated carbocycles. The van der Waals surface area contributed by atoms with Crippen molar-refractivity contribution in [1.82, 2.24) is 5.32 Å². The molecule has 3 nitrogen and oxygen atoms in total. The van der Waals surface area contributed by atoms with E-state index in [0.717, 1.165) is 36.1 Å². The second-order valence-corrected chi connectivity index (χ2v) is 6.36. The van der Waals surface area contributed by atoms with Gasteiger partial charge in [-0.3, -0.25) is 4.79 Å². The van der Waals surface area contributed by atoms with Crippen molar-refractivity contribution in [2.24, 2.45) is 5.92 Å². The summed E-state index contributed by atoms with van der Waals surface area (Å²) < 4.78 is 0.796. The van der Waals surface area contributed by atoms with Crippen molar-refractivity contribution in [1.29, 1.82) is 0 Å². The van der Waals surface area contributed by atoms with Crippen molar-refractivity contribution in [3.05, 3.63) is 28.2 Å². The molecule has 19 heavy (non-hydrogen) atoms. The fourth-order valence-electron chi connectivity index (χ4n) is 2.58. The van der Waals surface area contributed by atoms with Gasteiger partial charge in [-0.05, 0) is 43.4 Å². The summed E-state index contributed by atoms with van der Waals surface area (Å²) in [6.45, 7) is 2.27. The smallest absolute Gasteiger partial charge is 0.255 e. The Kier molecular flexibility index (Phi) is 4.86. The molecule has 1 aromatic rings. The molecule has 0 radical (unpaired) electrons. The van der Waals surface area contributed by atoms with Crippen molar-refractivity contribution in [3.63, 3.8) is 0 Å². The van der Waals surface area contributed by atoms with Gasteiger partial charge in [0.2, 0.25) is 0 Å². The maximum absolute atomic E-state index is 12.2. The maximum atomic E-state index is 12.2. The van der Waals surface area contributed by atoms with Crippen LogP contribution in [0.25, 0.3) is 0 Å². The lowest BCUT2D eigenvalue weighted by molar-refractivity contribution is 0.0930. The summed E-state index contributed by atoms with van der Waals surface area (Å²) in [5.74, 6) is 0.599. The SMILES string of the molecule is CC1CCCC(NC(=O)c2cc(Br)ccc2O)CC1. The zero-order valence-corrected chi connectivity index (χ0v) is 12.7. The Morgan fingerprint density at radius 1 is 1.32 bits per heavy atom. The molecule has 104 valence electrons. The van der Waals surface area contributed by atoms with Crippen LogP contribution >= 0.6 is 15.9 Å². The van der Waals surface area contributed by atoms with Gasteiger partial charge in [0.15, 0.2) is 0 Å². The number of carbonyl (C=O) groups is 1. The highest BCUT2D eigenvalue weighted by Crippen LogP contribution is 2.25. The molecule has 2 rings (SSSR count). The van der Waals surface area contributed by atoms with Gasteiger partial charge < -0.3 is 10.4 Å². The molecule has 0 heterocycles. The van der Waals surface area contributed by atoms with Crippen molar-refractivity contribution in [2.45, 2.75) is 45.1 Å². The minimum Gasteiger partial charge on any atom is -0.507 e. The minimum atomic E-state index is -0.182. The first-order valence-electron chi connectivity index (χ1n) is 6.85. The van der Waals surface area contributed by atoms with Gasteiger partial charge >= 0.3 is 0 Å². The molecule has 1 aliphatic rings. The number of halogens is 1. The van der Waals surface area contributed by atoms with Crippen molar-refractivity contribution < 1.29 is 9.90 Å². The third-order valence-corrected chi connectivity index (χ3v) is 4.29. The zero-order valence-electron chi connectivity index (χ0n) is 11.2. The van der Waals surface area contributed by atoms with Crippen molar-refractivity contribution in [2.75, 3.05) is 0 Å². The predicted octanol–water partition coefficient (Wildman–Crippen LogP) is 3.85. The number of phenolic OH excluding ortho intramolecular Hbond substituents is 1. The van der Waals surface area contributed by atoms with Gasteiger partial charge in [-0.15, -0.1) is 0 Å². The highest BCUT2D eigenvalue weighted by molar-refractivity contribution is 9.10. The molecule has 2 atom stereocenters. The van der Waals surface area contributed by atoms with E-state index in [1.807, 2.05) is 0 Å². The Morgan fingerprint density at radius 2 is 2.11 bits per heavy atom. The van der Waals surface area contributed by atoms with Crippen molar-refractivity contribution >= 4 is 21.8 Å². The lowest BCUT2D eigenvalue weighted by Gasteiger charge is -2.17. The van der Waals surface area contributed by atoms with Crippen LogP contribution in [-0.2, 0) is 0 Å². The Bertz CT molecular complexity index is 461. The van der Waals surface area contributed by atoms with Crippen molar-refractivity contribution in [3.8, 4) is 5.75 Å². The lowest BCUT2D eigenvalue weighted by atomic mass is 10.0. The number of benzene rings is 1. The molecular formula is C15H20BrNO2. The fraction of sp³-hybridized carbons (Fsp3) is 0.533. The van der Waals surface area contributed by atoms with Crippen LogP contribution in [0.15, 0.2) is 22.7 Å². The van der Waals surface area contributed by atoms with Crippen LogP contribution in [0.4, 0.5) is 0 Å². The summed E-state index contributed by atoms with van der Waals surface area (Å²) in [5.41, 5.74) is 0.340. The summed E-state index contributed by atoms with van der Waals surface area (Å²) in [6, 6.07) is 5.15. The van der Waals surface area contributed by atoms with Crippen LogP contribution in [0.1, 0.15) is 49.4 Å². The Labute approximate surface area is 122 Å². The molecule has 1 fully saturated rings. The average Bonchev–Trinajstić information content (AvgIpc) is 2.57. The average molecular weight is 326 g/mol. The van der Waals surface area contributed by atoms with Crippen LogP contribution in [0.2, 0.25) is 0 Å². The molecule has 0 saturated heterocycles. The van der Waals surface area contributed by atoms with E-state index in [1.54, 1.807) is 12.1 Å². The number of hydrogen-bond acceptors (Lipinski definition) is 2. The predicted molar refractivity (Wildman–Crippen MR) is 79.3 cm³/mol. The first-order chi connectivity index (χ1) is 9.06. The van der Waals surface area contributed by atoms with E-state index in [9.17, 15) is 9.90 Å². The molecule has 2 unspecified atom stereocenters. The van der Waals surface area contributed by atoms with E-state index in [4.69, 9.17) is 0 Å². The second-order valence-electron chi connectivity index (χ2n) is 5.45. The standard InChI is InChI=1S/C15H20BrNO2/c1-10-3-2-4-12(7-5-10)17-15(19)13-9-11(16)6-8-14(13)18/h6,8-10,12,18H,2-5,7H2,1H3,(H,17,19). The van der Waals surface area contributed by atoms with Gasteiger partial charge in [-0.1, -0.05) is 35.7 Å². The number of carbonyl (C=O) groups excluding carboxylic acids is 1. The molecule has 0 bridgehead atoms. The normalized spacial score (nSPS) is 23.7. The van der Waals surface area contributed by atoms with E-state index in [2.05, 4.69) is 28.2 Å². The number of amides is 1. The molecule has 0 aromatic heterocycles. The third-order valence-electron chi connectivity index (χ3n) is 3.80. The van der Waals surface area contributed by atoms with E-state index in [1.165, 1.54) is 12.5 Å². The van der Waals surface area contributed by atoms with Gasteiger partial charge in [-0.2, -0.15) is 0 Å². The van der Waals surface area contributed by atoms with Crippen LogP contribution < -0.4 is 5.32 Å². The second kappa shape index (κ2) is 6.42. The van der Waals surface area contributed by atoms with Gasteiger partial charge in [0, 0.05) is 10.5 Å². The number of phenols is 1. The molecular weight excluding hydrogens is 306 g/mol. The number of nitrogens with one attached hydrogen (secondary N) is 1. The maximum Gasteiger partial charge on any atom is 0.255 e. The van der Waals surface area contributed by atoms with Crippen LogP contribution in [-0.4, -0.2) is 17.1 Å².